The van der Waals surface area contributed by atoms with E-state index in [0.717, 1.165) is 36.8 Å². The summed E-state index contributed by atoms with van der Waals surface area (Å²) in [5.74, 6) is -0.0452. The van der Waals surface area contributed by atoms with Crippen LogP contribution in [0, 0.1) is 11.8 Å². The van der Waals surface area contributed by atoms with Crippen LogP contribution in [0.25, 0.3) is 0 Å². The van der Waals surface area contributed by atoms with E-state index in [9.17, 15) is 14.7 Å². The molecule has 0 fully saturated rings. The van der Waals surface area contributed by atoms with E-state index in [2.05, 4.69) is 12.2 Å². The number of benzene rings is 1. The normalized spacial score (nSPS) is 19.2. The summed E-state index contributed by atoms with van der Waals surface area (Å²) in [6, 6.07) is 7.68. The van der Waals surface area contributed by atoms with Gasteiger partial charge in [0.05, 0.1) is 12.2 Å². The van der Waals surface area contributed by atoms with Crippen molar-refractivity contribution in [1.29, 1.82) is 0 Å². The van der Waals surface area contributed by atoms with Gasteiger partial charge in [-0.05, 0) is 75.6 Å². The van der Waals surface area contributed by atoms with Crippen LogP contribution in [0.1, 0.15) is 58.4 Å². The van der Waals surface area contributed by atoms with Crippen molar-refractivity contribution < 1.29 is 19.4 Å². The summed E-state index contributed by atoms with van der Waals surface area (Å²) >= 11 is 6.05. The molecule has 5 heteroatoms. The minimum Gasteiger partial charge on any atom is -0.463 e. The summed E-state index contributed by atoms with van der Waals surface area (Å²) in [5.41, 5.74) is 1.85. The highest BCUT2D eigenvalue weighted by atomic mass is 35.5. The number of halogens is 1. The second kappa shape index (κ2) is 13.4. The molecule has 0 bridgehead atoms. The SMILES string of the molecule is CC(C)OC(=O)CCC/C=C\C[C@H]1C=CC(=O)/C1=C/C[C@@H](O)[C@@H](C)Cc1cccc(Cl)c1. The molecule has 3 atom stereocenters. The fourth-order valence-electron chi connectivity index (χ4n) is 3.74. The number of aliphatic hydroxyl groups is 1. The molecule has 0 saturated heterocycles. The van der Waals surface area contributed by atoms with Crippen molar-refractivity contribution in [2.24, 2.45) is 11.8 Å². The number of ketones is 1. The number of hydrogen-bond donors (Lipinski definition) is 1. The molecule has 1 aromatic carbocycles. The predicted molar refractivity (Wildman–Crippen MR) is 129 cm³/mol. The summed E-state index contributed by atoms with van der Waals surface area (Å²) < 4.78 is 5.12. The Kier molecular flexibility index (Phi) is 10.9. The molecule has 0 heterocycles. The Bertz CT molecular complexity index is 853. The lowest BCUT2D eigenvalue weighted by molar-refractivity contribution is -0.147. The van der Waals surface area contributed by atoms with Crippen LogP contribution in [0.5, 0.6) is 0 Å². The maximum Gasteiger partial charge on any atom is 0.306 e. The van der Waals surface area contributed by atoms with Gasteiger partial charge in [0.2, 0.25) is 0 Å². The average molecular weight is 459 g/mol. The molecule has 0 unspecified atom stereocenters. The van der Waals surface area contributed by atoms with E-state index in [0.29, 0.717) is 17.9 Å². The Morgan fingerprint density at radius 3 is 2.75 bits per heavy atom. The molecule has 0 aromatic heterocycles. The van der Waals surface area contributed by atoms with E-state index in [1.54, 1.807) is 6.08 Å². The molecule has 1 aromatic rings. The smallest absolute Gasteiger partial charge is 0.306 e. The minimum atomic E-state index is -0.531. The molecule has 1 N–H and O–H groups in total. The first kappa shape index (κ1) is 26.1. The van der Waals surface area contributed by atoms with Crippen LogP contribution in [0.15, 0.2) is 60.2 Å². The maximum absolute atomic E-state index is 12.3. The third-order valence-corrected chi connectivity index (χ3v) is 5.76. The molecule has 1 aliphatic rings. The van der Waals surface area contributed by atoms with E-state index >= 15 is 0 Å². The number of hydrogen-bond acceptors (Lipinski definition) is 4. The molecule has 0 radical (unpaired) electrons. The lowest BCUT2D eigenvalue weighted by Crippen LogP contribution is -2.19. The maximum atomic E-state index is 12.3. The number of aliphatic hydroxyl groups excluding tert-OH is 1. The highest BCUT2D eigenvalue weighted by Gasteiger charge is 2.23. The van der Waals surface area contributed by atoms with Crippen LogP contribution < -0.4 is 0 Å². The number of allylic oxidation sites excluding steroid dienone is 5. The van der Waals surface area contributed by atoms with Crippen LogP contribution in [-0.2, 0) is 20.7 Å². The van der Waals surface area contributed by atoms with Crippen LogP contribution in [-0.4, -0.2) is 29.1 Å². The van der Waals surface area contributed by atoms with Crippen molar-refractivity contribution in [2.75, 3.05) is 0 Å². The van der Waals surface area contributed by atoms with Crippen LogP contribution in [0.2, 0.25) is 5.02 Å². The fraction of sp³-hybridized carbons (Fsp3) is 0.481. The lowest BCUT2D eigenvalue weighted by Gasteiger charge is -2.18. The third-order valence-electron chi connectivity index (χ3n) is 5.52. The molecule has 0 saturated carbocycles. The molecular formula is C27H35ClO4. The molecule has 4 nitrogen and oxygen atoms in total. The molecule has 0 amide bonds. The van der Waals surface area contributed by atoms with E-state index < -0.39 is 6.10 Å². The van der Waals surface area contributed by atoms with Gasteiger partial charge in [0.15, 0.2) is 5.78 Å². The lowest BCUT2D eigenvalue weighted by atomic mass is 9.91. The Labute approximate surface area is 197 Å². The van der Waals surface area contributed by atoms with Crippen LogP contribution in [0.4, 0.5) is 0 Å². The molecular weight excluding hydrogens is 424 g/mol. The number of unbranched alkanes of at least 4 members (excludes halogenated alkanes) is 1. The van der Waals surface area contributed by atoms with E-state index in [-0.39, 0.29) is 29.7 Å². The van der Waals surface area contributed by atoms with Gasteiger partial charge in [0.25, 0.3) is 0 Å². The standard InChI is InChI=1S/C27H35ClO4/c1-19(2)32-27(31)12-7-5-4-6-10-22-13-15-26(30)24(22)14-16-25(29)20(3)17-21-9-8-11-23(28)18-21/h4,6,8-9,11,13-15,18-20,22,25,29H,5,7,10,12,16-17H2,1-3H3/b6-4-,24-14+/t20-,22-,25+/m0/s1. The van der Waals surface area contributed by atoms with Crippen LogP contribution >= 0.6 is 11.6 Å². The molecule has 0 spiro atoms. The first-order valence-electron chi connectivity index (χ1n) is 11.5. The first-order chi connectivity index (χ1) is 15.3. The Balaban J connectivity index is 1.79. The second-order valence-electron chi connectivity index (χ2n) is 8.74. The second-order valence-corrected chi connectivity index (χ2v) is 9.18. The first-order valence-corrected chi connectivity index (χ1v) is 11.8. The summed E-state index contributed by atoms with van der Waals surface area (Å²) in [6.07, 6.45) is 12.8. The van der Waals surface area contributed by atoms with Crippen molar-refractivity contribution in [1.82, 2.24) is 0 Å². The Morgan fingerprint density at radius 1 is 1.25 bits per heavy atom. The van der Waals surface area contributed by atoms with Crippen molar-refractivity contribution in [3.63, 3.8) is 0 Å². The van der Waals surface area contributed by atoms with Crippen molar-refractivity contribution in [3.8, 4) is 0 Å². The monoisotopic (exact) mass is 458 g/mol. The molecule has 174 valence electrons. The third kappa shape index (κ3) is 9.13. The number of esters is 1. The van der Waals surface area contributed by atoms with Gasteiger partial charge in [-0.1, -0.05) is 55.0 Å². The van der Waals surface area contributed by atoms with Gasteiger partial charge in [0.1, 0.15) is 0 Å². The van der Waals surface area contributed by atoms with Gasteiger partial charge in [0, 0.05) is 22.9 Å². The van der Waals surface area contributed by atoms with E-state index in [1.165, 1.54) is 0 Å². The fourth-order valence-corrected chi connectivity index (χ4v) is 3.96. The largest absolute Gasteiger partial charge is 0.463 e. The quantitative estimate of drug-likeness (QED) is 0.180. The van der Waals surface area contributed by atoms with Gasteiger partial charge < -0.3 is 9.84 Å². The van der Waals surface area contributed by atoms with E-state index in [1.807, 2.05) is 57.2 Å². The summed E-state index contributed by atoms with van der Waals surface area (Å²) in [7, 11) is 0. The zero-order chi connectivity index (χ0) is 23.5. The van der Waals surface area contributed by atoms with Gasteiger partial charge >= 0.3 is 5.97 Å². The van der Waals surface area contributed by atoms with Crippen molar-refractivity contribution in [2.45, 2.75) is 71.5 Å². The Hall–Kier alpha value is -2.17. The topological polar surface area (TPSA) is 63.6 Å². The number of rotatable bonds is 12. The van der Waals surface area contributed by atoms with Crippen molar-refractivity contribution >= 4 is 23.4 Å². The zero-order valence-electron chi connectivity index (χ0n) is 19.3. The van der Waals surface area contributed by atoms with Gasteiger partial charge in [-0.15, -0.1) is 0 Å². The highest BCUT2D eigenvalue weighted by Crippen LogP contribution is 2.27. The average Bonchev–Trinajstić information content (AvgIpc) is 3.07. The Morgan fingerprint density at radius 2 is 2.03 bits per heavy atom. The van der Waals surface area contributed by atoms with E-state index in [4.69, 9.17) is 16.3 Å². The summed E-state index contributed by atoms with van der Waals surface area (Å²) in [6.45, 7) is 5.70. The molecule has 32 heavy (non-hydrogen) atoms. The number of ether oxygens (including phenoxy) is 1. The van der Waals surface area contributed by atoms with Gasteiger partial charge in [-0.3, -0.25) is 9.59 Å². The number of carbonyl (C=O) groups is 2. The molecule has 1 aliphatic carbocycles. The zero-order valence-corrected chi connectivity index (χ0v) is 20.1. The number of carbonyl (C=O) groups excluding carboxylic acids is 2. The molecule has 2 rings (SSSR count). The van der Waals surface area contributed by atoms with Crippen LogP contribution in [0.3, 0.4) is 0 Å². The van der Waals surface area contributed by atoms with Gasteiger partial charge in [-0.25, -0.2) is 0 Å². The summed E-state index contributed by atoms with van der Waals surface area (Å²) in [4.78, 5) is 23.8. The van der Waals surface area contributed by atoms with Crippen molar-refractivity contribution in [3.05, 3.63) is 70.8 Å². The molecule has 0 aliphatic heterocycles. The summed E-state index contributed by atoms with van der Waals surface area (Å²) in [5, 5.41) is 11.3. The highest BCUT2D eigenvalue weighted by molar-refractivity contribution is 6.30. The predicted octanol–water partition coefficient (Wildman–Crippen LogP) is 6.02. The van der Waals surface area contributed by atoms with Gasteiger partial charge in [-0.2, -0.15) is 0 Å². The minimum absolute atomic E-state index is 0.0227.